The summed E-state index contributed by atoms with van der Waals surface area (Å²) < 4.78 is 1.23. The standard InChI is InChI=1S/C17H22N4O3/c1-11-8-12(9-18)10-20(11)15(22)6-7-21-17(24)14-5-3-2-4-13(14)16(23)19-21/h2-5,11-12H,6-10,18H2,1H3,(H,19,23). The lowest BCUT2D eigenvalue weighted by Crippen LogP contribution is -2.37. The van der Waals surface area contributed by atoms with Crippen molar-refractivity contribution < 1.29 is 4.79 Å². The molecule has 1 aliphatic heterocycles. The van der Waals surface area contributed by atoms with Crippen LogP contribution in [0.15, 0.2) is 33.9 Å². The first kappa shape index (κ1) is 16.4. The number of H-pyrrole nitrogens is 1. The van der Waals surface area contributed by atoms with Gasteiger partial charge in [0, 0.05) is 19.0 Å². The lowest BCUT2D eigenvalue weighted by molar-refractivity contribution is -0.132. The monoisotopic (exact) mass is 330 g/mol. The summed E-state index contributed by atoms with van der Waals surface area (Å²) in [5.74, 6) is 0.325. The van der Waals surface area contributed by atoms with E-state index in [-0.39, 0.29) is 36.0 Å². The van der Waals surface area contributed by atoms with Crippen LogP contribution in [0, 0.1) is 5.92 Å². The zero-order chi connectivity index (χ0) is 17.3. The molecule has 1 amide bonds. The third-order valence-corrected chi connectivity index (χ3v) is 4.75. The minimum absolute atomic E-state index is 0.0145. The van der Waals surface area contributed by atoms with Crippen LogP contribution in [0.5, 0.6) is 0 Å². The summed E-state index contributed by atoms with van der Waals surface area (Å²) >= 11 is 0. The molecule has 0 spiro atoms. The number of hydrogen-bond donors (Lipinski definition) is 2. The SMILES string of the molecule is CC1CC(CN)CN1C(=O)CCn1[nH]c(=O)c2ccccc2c1=O. The maximum Gasteiger partial charge on any atom is 0.273 e. The Morgan fingerprint density at radius 2 is 2.00 bits per heavy atom. The summed E-state index contributed by atoms with van der Waals surface area (Å²) in [5.41, 5.74) is 5.08. The molecule has 128 valence electrons. The first-order valence-electron chi connectivity index (χ1n) is 8.22. The summed E-state index contributed by atoms with van der Waals surface area (Å²) in [7, 11) is 0. The normalized spacial score (nSPS) is 20.7. The first-order chi connectivity index (χ1) is 11.5. The van der Waals surface area contributed by atoms with Gasteiger partial charge in [0.05, 0.1) is 17.3 Å². The van der Waals surface area contributed by atoms with Gasteiger partial charge in [0.15, 0.2) is 0 Å². The van der Waals surface area contributed by atoms with E-state index < -0.39 is 0 Å². The van der Waals surface area contributed by atoms with Crippen molar-refractivity contribution in [3.63, 3.8) is 0 Å². The third-order valence-electron chi connectivity index (χ3n) is 4.75. The molecule has 0 saturated carbocycles. The predicted molar refractivity (Wildman–Crippen MR) is 91.8 cm³/mol. The van der Waals surface area contributed by atoms with E-state index in [9.17, 15) is 14.4 Å². The van der Waals surface area contributed by atoms with Gasteiger partial charge in [-0.25, -0.2) is 4.68 Å². The Morgan fingerprint density at radius 1 is 1.29 bits per heavy atom. The lowest BCUT2D eigenvalue weighted by Gasteiger charge is -2.21. The number of fused-ring (bicyclic) bond motifs is 1. The fraction of sp³-hybridized carbons (Fsp3) is 0.471. The van der Waals surface area contributed by atoms with Crippen molar-refractivity contribution in [2.24, 2.45) is 11.7 Å². The average Bonchev–Trinajstić information content (AvgIpc) is 2.97. The zero-order valence-electron chi connectivity index (χ0n) is 13.7. The second kappa shape index (κ2) is 6.60. The van der Waals surface area contributed by atoms with Crippen LogP contribution in [0.1, 0.15) is 19.8 Å². The number of nitrogens with one attached hydrogen (secondary N) is 1. The topological polar surface area (TPSA) is 101 Å². The third kappa shape index (κ3) is 2.99. The van der Waals surface area contributed by atoms with Crippen LogP contribution in [-0.2, 0) is 11.3 Å². The minimum Gasteiger partial charge on any atom is -0.340 e. The second-order valence-corrected chi connectivity index (χ2v) is 6.43. The van der Waals surface area contributed by atoms with E-state index in [4.69, 9.17) is 5.73 Å². The molecule has 3 N–H and O–H groups in total. The van der Waals surface area contributed by atoms with Crippen LogP contribution >= 0.6 is 0 Å². The van der Waals surface area contributed by atoms with Gasteiger partial charge in [-0.3, -0.25) is 19.5 Å². The largest absolute Gasteiger partial charge is 0.340 e. The Bertz CT molecular complexity index is 870. The maximum atomic E-state index is 12.4. The number of nitrogens with two attached hydrogens (primary N) is 1. The van der Waals surface area contributed by atoms with Crippen molar-refractivity contribution >= 4 is 16.7 Å². The van der Waals surface area contributed by atoms with Gasteiger partial charge in [-0.2, -0.15) is 0 Å². The summed E-state index contributed by atoms with van der Waals surface area (Å²) in [4.78, 5) is 38.7. The smallest absolute Gasteiger partial charge is 0.273 e. The van der Waals surface area contributed by atoms with E-state index in [0.717, 1.165) is 6.42 Å². The molecular formula is C17H22N4O3. The molecule has 1 saturated heterocycles. The number of carbonyl (C=O) groups excluding carboxylic acids is 1. The predicted octanol–water partition coefficient (Wildman–Crippen LogP) is 0.276. The number of benzene rings is 1. The molecule has 3 rings (SSSR count). The molecule has 7 heteroatoms. The Kier molecular flexibility index (Phi) is 4.53. The summed E-state index contributed by atoms with van der Waals surface area (Å²) in [6.45, 7) is 3.41. The molecule has 2 aromatic rings. The van der Waals surface area contributed by atoms with Crippen LogP contribution in [0.4, 0.5) is 0 Å². The molecule has 2 unspecified atom stereocenters. The van der Waals surface area contributed by atoms with Crippen molar-refractivity contribution in [2.75, 3.05) is 13.1 Å². The molecule has 2 heterocycles. The molecule has 1 fully saturated rings. The maximum absolute atomic E-state index is 12.4. The van der Waals surface area contributed by atoms with Crippen LogP contribution in [-0.4, -0.2) is 39.7 Å². The average molecular weight is 330 g/mol. The Hall–Kier alpha value is -2.41. The van der Waals surface area contributed by atoms with Gasteiger partial charge in [-0.1, -0.05) is 12.1 Å². The number of hydrogen-bond acceptors (Lipinski definition) is 4. The van der Waals surface area contributed by atoms with E-state index in [1.807, 2.05) is 11.8 Å². The van der Waals surface area contributed by atoms with Crippen molar-refractivity contribution in [3.8, 4) is 0 Å². The van der Waals surface area contributed by atoms with Crippen molar-refractivity contribution in [3.05, 3.63) is 45.0 Å². The van der Waals surface area contributed by atoms with Gasteiger partial charge >= 0.3 is 0 Å². The zero-order valence-corrected chi connectivity index (χ0v) is 13.7. The molecule has 1 aromatic heterocycles. The molecule has 0 aliphatic carbocycles. The van der Waals surface area contributed by atoms with Gasteiger partial charge in [0.25, 0.3) is 11.1 Å². The lowest BCUT2D eigenvalue weighted by atomic mass is 10.1. The van der Waals surface area contributed by atoms with Crippen molar-refractivity contribution in [2.45, 2.75) is 32.4 Å². The van der Waals surface area contributed by atoms with Crippen LogP contribution in [0.2, 0.25) is 0 Å². The Morgan fingerprint density at radius 3 is 2.67 bits per heavy atom. The summed E-state index contributed by atoms with van der Waals surface area (Å²) in [6.07, 6.45) is 1.09. The number of likely N-dealkylation sites (tertiary alicyclic amines) is 1. The highest BCUT2D eigenvalue weighted by Crippen LogP contribution is 2.22. The first-order valence-corrected chi connectivity index (χ1v) is 8.22. The summed E-state index contributed by atoms with van der Waals surface area (Å²) in [5, 5.41) is 3.29. The van der Waals surface area contributed by atoms with E-state index in [2.05, 4.69) is 5.10 Å². The molecule has 1 aromatic carbocycles. The Labute approximate surface area is 139 Å². The van der Waals surface area contributed by atoms with E-state index >= 15 is 0 Å². The molecule has 1 aliphatic rings. The van der Waals surface area contributed by atoms with E-state index in [0.29, 0.717) is 29.8 Å². The van der Waals surface area contributed by atoms with Gasteiger partial charge in [0.2, 0.25) is 5.91 Å². The van der Waals surface area contributed by atoms with Gasteiger partial charge in [0.1, 0.15) is 0 Å². The van der Waals surface area contributed by atoms with E-state index in [1.165, 1.54) is 4.68 Å². The van der Waals surface area contributed by atoms with Crippen LogP contribution in [0.25, 0.3) is 10.8 Å². The molecule has 2 atom stereocenters. The number of carbonyl (C=O) groups is 1. The van der Waals surface area contributed by atoms with E-state index in [1.54, 1.807) is 24.3 Å². The highest BCUT2D eigenvalue weighted by atomic mass is 16.2. The van der Waals surface area contributed by atoms with Gasteiger partial charge in [-0.15, -0.1) is 0 Å². The molecule has 7 nitrogen and oxygen atoms in total. The number of aromatic nitrogens is 2. The molecule has 24 heavy (non-hydrogen) atoms. The molecule has 0 bridgehead atoms. The fourth-order valence-electron chi connectivity index (χ4n) is 3.42. The number of nitrogens with zero attached hydrogens (tertiary/aromatic N) is 2. The van der Waals surface area contributed by atoms with Crippen LogP contribution in [0.3, 0.4) is 0 Å². The minimum atomic E-state index is -0.324. The molecular weight excluding hydrogens is 308 g/mol. The Balaban J connectivity index is 1.77. The second-order valence-electron chi connectivity index (χ2n) is 6.43. The van der Waals surface area contributed by atoms with Crippen molar-refractivity contribution in [1.29, 1.82) is 0 Å². The number of aromatic amines is 1. The van der Waals surface area contributed by atoms with Gasteiger partial charge < -0.3 is 10.6 Å². The highest BCUT2D eigenvalue weighted by Gasteiger charge is 2.31. The number of rotatable bonds is 4. The highest BCUT2D eigenvalue weighted by molar-refractivity contribution is 5.80. The summed E-state index contributed by atoms with van der Waals surface area (Å²) in [6, 6.07) is 6.84. The van der Waals surface area contributed by atoms with Crippen LogP contribution < -0.4 is 16.9 Å². The quantitative estimate of drug-likeness (QED) is 0.840. The fourth-order valence-corrected chi connectivity index (χ4v) is 3.42. The van der Waals surface area contributed by atoms with Crippen molar-refractivity contribution in [1.82, 2.24) is 14.7 Å². The number of amides is 1. The number of aryl methyl sites for hydroxylation is 1. The van der Waals surface area contributed by atoms with Gasteiger partial charge in [-0.05, 0) is 37.9 Å². The molecule has 0 radical (unpaired) electrons.